The minimum Gasteiger partial charge on any atom is -0.324 e. The number of fused-ring (bicyclic) bond motifs is 1. The molecule has 168 valence electrons. The van der Waals surface area contributed by atoms with Crippen LogP contribution in [0.1, 0.15) is 16.7 Å². The van der Waals surface area contributed by atoms with Crippen molar-refractivity contribution >= 4 is 38.1 Å². The van der Waals surface area contributed by atoms with Crippen molar-refractivity contribution in [3.05, 3.63) is 102 Å². The number of nitrogens with zero attached hydrogens (tertiary/aromatic N) is 1. The number of aryl methyl sites for hydroxylation is 2. The number of carbonyl (C=O) groups excluding carboxylic acids is 1. The van der Waals surface area contributed by atoms with Gasteiger partial charge in [0.15, 0.2) is 0 Å². The van der Waals surface area contributed by atoms with Crippen LogP contribution >= 0.6 is 0 Å². The molecule has 0 saturated heterocycles. The summed E-state index contributed by atoms with van der Waals surface area (Å²) < 4.78 is 28.4. The van der Waals surface area contributed by atoms with Gasteiger partial charge in [-0.05, 0) is 73.0 Å². The van der Waals surface area contributed by atoms with Crippen LogP contribution in [0.15, 0.2) is 89.8 Å². The van der Waals surface area contributed by atoms with Crippen LogP contribution in [0.4, 0.5) is 11.4 Å². The molecule has 0 aliphatic heterocycles. The summed E-state index contributed by atoms with van der Waals surface area (Å²) in [7, 11) is -3.96. The van der Waals surface area contributed by atoms with Crippen LogP contribution in [0, 0.1) is 20.8 Å². The summed E-state index contributed by atoms with van der Waals surface area (Å²) in [5.41, 5.74) is 3.83. The molecule has 1 amide bonds. The fourth-order valence-corrected chi connectivity index (χ4v) is 5.22. The standard InChI is InChI=1S/C27H26N2O3S/c1-19-11-15-25(16-12-19)33(31,32)29(26-10-6-7-20(2)21(26)3)18-27(30)28-24-14-13-22-8-4-5-9-23(22)17-24/h4-17H,18H2,1-3H3,(H,28,30). The van der Waals surface area contributed by atoms with Gasteiger partial charge in [0.2, 0.25) is 5.91 Å². The number of sulfonamides is 1. The van der Waals surface area contributed by atoms with E-state index in [9.17, 15) is 13.2 Å². The zero-order chi connectivity index (χ0) is 23.6. The maximum absolute atomic E-state index is 13.6. The van der Waals surface area contributed by atoms with Gasteiger partial charge in [-0.3, -0.25) is 9.10 Å². The van der Waals surface area contributed by atoms with Gasteiger partial charge in [-0.15, -0.1) is 0 Å². The third-order valence-corrected chi connectivity index (χ3v) is 7.55. The lowest BCUT2D eigenvalue weighted by atomic mass is 10.1. The Kier molecular flexibility index (Phi) is 6.20. The van der Waals surface area contributed by atoms with Crippen LogP contribution in [0.5, 0.6) is 0 Å². The number of anilines is 2. The van der Waals surface area contributed by atoms with Crippen LogP contribution in [0.2, 0.25) is 0 Å². The van der Waals surface area contributed by atoms with E-state index in [1.165, 1.54) is 4.31 Å². The molecule has 1 N–H and O–H groups in total. The summed E-state index contributed by atoms with van der Waals surface area (Å²) in [5.74, 6) is -0.415. The highest BCUT2D eigenvalue weighted by Crippen LogP contribution is 2.29. The molecule has 0 atom stereocenters. The first-order valence-corrected chi connectivity index (χ1v) is 12.1. The average molecular weight is 459 g/mol. The Morgan fingerprint density at radius 2 is 1.52 bits per heavy atom. The van der Waals surface area contributed by atoms with Crippen molar-refractivity contribution in [3.8, 4) is 0 Å². The van der Waals surface area contributed by atoms with Crippen molar-refractivity contribution in [1.29, 1.82) is 0 Å². The minimum atomic E-state index is -3.96. The van der Waals surface area contributed by atoms with Crippen LogP contribution in [-0.2, 0) is 14.8 Å². The molecule has 0 heterocycles. The number of carbonyl (C=O) groups is 1. The van der Waals surface area contributed by atoms with Gasteiger partial charge < -0.3 is 5.32 Å². The Morgan fingerprint density at radius 1 is 0.818 bits per heavy atom. The van der Waals surface area contributed by atoms with Crippen molar-refractivity contribution < 1.29 is 13.2 Å². The SMILES string of the molecule is Cc1ccc(S(=O)(=O)N(CC(=O)Nc2ccc3ccccc3c2)c2cccc(C)c2C)cc1. The number of hydrogen-bond donors (Lipinski definition) is 1. The third-order valence-electron chi connectivity index (χ3n) is 5.77. The normalized spacial score (nSPS) is 11.4. The molecular weight excluding hydrogens is 432 g/mol. The monoisotopic (exact) mass is 458 g/mol. The van der Waals surface area contributed by atoms with E-state index in [0.29, 0.717) is 11.4 Å². The molecule has 0 spiro atoms. The summed E-state index contributed by atoms with van der Waals surface area (Å²) in [6.07, 6.45) is 0. The Morgan fingerprint density at radius 3 is 2.24 bits per heavy atom. The second kappa shape index (κ2) is 9.08. The molecule has 4 aromatic rings. The average Bonchev–Trinajstić information content (AvgIpc) is 2.80. The van der Waals surface area contributed by atoms with E-state index in [0.717, 1.165) is 27.5 Å². The van der Waals surface area contributed by atoms with Crippen molar-refractivity contribution in [3.63, 3.8) is 0 Å². The van der Waals surface area contributed by atoms with Crippen molar-refractivity contribution in [2.45, 2.75) is 25.7 Å². The van der Waals surface area contributed by atoms with E-state index in [-0.39, 0.29) is 11.4 Å². The van der Waals surface area contributed by atoms with E-state index < -0.39 is 15.9 Å². The Hall–Kier alpha value is -3.64. The van der Waals surface area contributed by atoms with Crippen molar-refractivity contribution in [2.24, 2.45) is 0 Å². The van der Waals surface area contributed by atoms with Gasteiger partial charge >= 0.3 is 0 Å². The van der Waals surface area contributed by atoms with E-state index >= 15 is 0 Å². The van der Waals surface area contributed by atoms with E-state index in [4.69, 9.17) is 0 Å². The van der Waals surface area contributed by atoms with Gasteiger partial charge in [0.05, 0.1) is 10.6 Å². The van der Waals surface area contributed by atoms with Gasteiger partial charge in [0.25, 0.3) is 10.0 Å². The van der Waals surface area contributed by atoms with E-state index in [1.54, 1.807) is 36.4 Å². The summed E-state index contributed by atoms with van der Waals surface area (Å²) >= 11 is 0. The highest BCUT2D eigenvalue weighted by Gasteiger charge is 2.28. The van der Waals surface area contributed by atoms with Crippen LogP contribution in [0.3, 0.4) is 0 Å². The molecule has 5 nitrogen and oxygen atoms in total. The van der Waals surface area contributed by atoms with Gasteiger partial charge in [-0.1, -0.05) is 60.2 Å². The number of benzene rings is 4. The highest BCUT2D eigenvalue weighted by atomic mass is 32.2. The van der Waals surface area contributed by atoms with Crippen LogP contribution < -0.4 is 9.62 Å². The second-order valence-corrected chi connectivity index (χ2v) is 10.0. The lowest BCUT2D eigenvalue weighted by Gasteiger charge is -2.26. The van der Waals surface area contributed by atoms with Crippen molar-refractivity contribution in [1.82, 2.24) is 0 Å². The first-order chi connectivity index (χ1) is 15.8. The topological polar surface area (TPSA) is 66.5 Å². The Balaban J connectivity index is 1.69. The molecule has 4 rings (SSSR count). The third kappa shape index (κ3) is 4.76. The van der Waals surface area contributed by atoms with Gasteiger partial charge in [0, 0.05) is 5.69 Å². The fraction of sp³-hybridized carbons (Fsp3) is 0.148. The first-order valence-electron chi connectivity index (χ1n) is 10.7. The number of rotatable bonds is 6. The van der Waals surface area contributed by atoms with Gasteiger partial charge in [-0.25, -0.2) is 8.42 Å². The molecule has 0 unspecified atom stereocenters. The molecule has 0 saturated carbocycles. The van der Waals surface area contributed by atoms with E-state index in [2.05, 4.69) is 5.32 Å². The maximum Gasteiger partial charge on any atom is 0.264 e. The summed E-state index contributed by atoms with van der Waals surface area (Å²) in [4.78, 5) is 13.2. The predicted molar refractivity (Wildman–Crippen MR) is 134 cm³/mol. The highest BCUT2D eigenvalue weighted by molar-refractivity contribution is 7.92. The molecule has 0 aliphatic rings. The quantitative estimate of drug-likeness (QED) is 0.409. The fourth-order valence-electron chi connectivity index (χ4n) is 3.74. The predicted octanol–water partition coefficient (Wildman–Crippen LogP) is 5.60. The zero-order valence-electron chi connectivity index (χ0n) is 18.9. The molecule has 6 heteroatoms. The van der Waals surface area contributed by atoms with Gasteiger partial charge in [0.1, 0.15) is 6.54 Å². The van der Waals surface area contributed by atoms with Gasteiger partial charge in [-0.2, -0.15) is 0 Å². The van der Waals surface area contributed by atoms with Crippen LogP contribution in [-0.4, -0.2) is 20.9 Å². The minimum absolute atomic E-state index is 0.146. The lowest BCUT2D eigenvalue weighted by Crippen LogP contribution is -2.38. The number of nitrogens with one attached hydrogen (secondary N) is 1. The summed E-state index contributed by atoms with van der Waals surface area (Å²) in [5, 5.41) is 4.91. The molecule has 0 fully saturated rings. The molecule has 4 aromatic carbocycles. The van der Waals surface area contributed by atoms with Crippen LogP contribution in [0.25, 0.3) is 10.8 Å². The lowest BCUT2D eigenvalue weighted by molar-refractivity contribution is -0.114. The first kappa shape index (κ1) is 22.6. The summed E-state index contributed by atoms with van der Waals surface area (Å²) in [6, 6.07) is 25.6. The molecule has 33 heavy (non-hydrogen) atoms. The molecule has 0 bridgehead atoms. The number of hydrogen-bond acceptors (Lipinski definition) is 3. The van der Waals surface area contributed by atoms with Crippen molar-refractivity contribution in [2.75, 3.05) is 16.2 Å². The zero-order valence-corrected chi connectivity index (χ0v) is 19.7. The Bertz CT molecular complexity index is 1430. The number of amides is 1. The Labute approximate surface area is 194 Å². The largest absolute Gasteiger partial charge is 0.324 e. The molecular formula is C27H26N2O3S. The smallest absolute Gasteiger partial charge is 0.264 e. The summed E-state index contributed by atoms with van der Waals surface area (Å²) in [6.45, 7) is 5.34. The molecule has 0 radical (unpaired) electrons. The molecule has 0 aliphatic carbocycles. The second-order valence-electron chi connectivity index (χ2n) is 8.15. The maximum atomic E-state index is 13.6. The molecule has 0 aromatic heterocycles. The van der Waals surface area contributed by atoms with E-state index in [1.807, 2.05) is 69.3 Å².